The van der Waals surface area contributed by atoms with Crippen LogP contribution in [0, 0.1) is 0 Å². The number of nitrogens with one attached hydrogen (secondary N) is 2. The van der Waals surface area contributed by atoms with Crippen molar-refractivity contribution in [1.29, 1.82) is 0 Å². The van der Waals surface area contributed by atoms with Crippen LogP contribution >= 0.6 is 39.5 Å². The zero-order chi connectivity index (χ0) is 16.2. The molecule has 112 valence electrons. The molecule has 0 bridgehead atoms. The Hall–Kier alpha value is -0.687. The Morgan fingerprint density at radius 1 is 1.14 bits per heavy atom. The van der Waals surface area contributed by atoms with Gasteiger partial charge in [0, 0.05) is 11.9 Å². The molecule has 0 saturated heterocycles. The number of thiocarbonyl (C=S) groups is 1. The topological polar surface area (TPSA) is 49.3 Å². The van der Waals surface area contributed by atoms with Gasteiger partial charge < -0.3 is 5.32 Å². The Labute approximate surface area is 156 Å². The molecule has 0 fully saturated rings. The van der Waals surface area contributed by atoms with Gasteiger partial charge in [0.05, 0.1) is 11.4 Å². The van der Waals surface area contributed by atoms with E-state index in [9.17, 15) is 0 Å². The van der Waals surface area contributed by atoms with Gasteiger partial charge in [0.1, 0.15) is 0 Å². The summed E-state index contributed by atoms with van der Waals surface area (Å²) in [4.78, 5) is 4.21. The fourth-order valence-corrected chi connectivity index (χ4v) is 1.61. The van der Waals surface area contributed by atoms with Gasteiger partial charge in [0.2, 0.25) is 0 Å². The van der Waals surface area contributed by atoms with Gasteiger partial charge in [0.25, 0.3) is 0 Å². The molecule has 8 heteroatoms. The van der Waals surface area contributed by atoms with Gasteiger partial charge in [-0.25, -0.2) is 0 Å². The standard InChI is InChI=1S/C14H14N4S.2BrH.Zn/c1-11(13-9-5-6-10-15-13)17-18-14(19)16-12-7-3-2-4-8-12;;;/h2-10H,1H3,(H2,16,18,19);2*1H;/q;;;+2/p-2. The zero-order valence-corrected chi connectivity index (χ0v) is 18.9. The second-order valence-electron chi connectivity index (χ2n) is 3.95. The molecule has 1 aromatic heterocycles. The van der Waals surface area contributed by atoms with Crippen molar-refractivity contribution < 1.29 is 13.2 Å². The third kappa shape index (κ3) is 8.08. The summed E-state index contributed by atoms with van der Waals surface area (Å²) in [5, 5.41) is 7.68. The number of pyridine rings is 1. The third-order valence-corrected chi connectivity index (χ3v) is 2.59. The minimum absolute atomic E-state index is 0.250. The van der Waals surface area contributed by atoms with Crippen LogP contribution in [0.5, 0.6) is 0 Å². The zero-order valence-electron chi connectivity index (χ0n) is 12.0. The van der Waals surface area contributed by atoms with E-state index >= 15 is 0 Å². The number of hydrazone groups is 1. The molecular weight excluding hydrogens is 481 g/mol. The summed E-state index contributed by atoms with van der Waals surface area (Å²) in [6.07, 6.45) is 1.73. The van der Waals surface area contributed by atoms with Gasteiger partial charge in [0.15, 0.2) is 5.11 Å². The third-order valence-electron chi connectivity index (χ3n) is 2.39. The van der Waals surface area contributed by atoms with Crippen molar-refractivity contribution in [3.8, 4) is 0 Å². The van der Waals surface area contributed by atoms with E-state index in [4.69, 9.17) is 12.2 Å². The van der Waals surface area contributed by atoms with Crippen LogP contribution < -0.4 is 10.7 Å². The maximum absolute atomic E-state index is 5.15. The molecule has 0 aliphatic rings. The molecule has 0 aliphatic carbocycles. The molecule has 22 heavy (non-hydrogen) atoms. The van der Waals surface area contributed by atoms with Crippen molar-refractivity contribution in [3.63, 3.8) is 0 Å². The molecule has 2 aromatic rings. The minimum atomic E-state index is -0.250. The van der Waals surface area contributed by atoms with Gasteiger partial charge in [-0.1, -0.05) is 24.3 Å². The molecule has 1 heterocycles. The van der Waals surface area contributed by atoms with Gasteiger partial charge >= 0.3 is 40.5 Å². The number of hydrogen-bond donors (Lipinski definition) is 2. The average molecular weight is 496 g/mol. The van der Waals surface area contributed by atoms with Crippen LogP contribution in [-0.4, -0.2) is 15.8 Å². The molecule has 0 spiro atoms. The first-order valence-electron chi connectivity index (χ1n) is 6.37. The number of benzene rings is 1. The fourth-order valence-electron chi connectivity index (χ4n) is 1.45. The Morgan fingerprint density at radius 3 is 2.36 bits per heavy atom. The summed E-state index contributed by atoms with van der Waals surface area (Å²) < 4.78 is 0. The van der Waals surface area contributed by atoms with Crippen LogP contribution in [0.3, 0.4) is 0 Å². The predicted molar refractivity (Wildman–Crippen MR) is 100 cm³/mol. The molecule has 1 aromatic carbocycles. The summed E-state index contributed by atoms with van der Waals surface area (Å²) in [7, 11) is 0. The fraction of sp³-hybridized carbons (Fsp3) is 0.0714. The molecule has 0 saturated carbocycles. The summed E-state index contributed by atoms with van der Waals surface area (Å²) >= 11 is 11.4. The van der Waals surface area contributed by atoms with E-state index in [0.29, 0.717) is 5.11 Å². The van der Waals surface area contributed by atoms with Crippen LogP contribution in [0.15, 0.2) is 59.8 Å². The van der Waals surface area contributed by atoms with Crippen molar-refractivity contribution in [3.05, 3.63) is 60.4 Å². The molecule has 2 N–H and O–H groups in total. The Kier molecular flexibility index (Phi) is 10.4. The Morgan fingerprint density at radius 2 is 1.77 bits per heavy atom. The van der Waals surface area contributed by atoms with E-state index in [2.05, 4.69) is 48.1 Å². The van der Waals surface area contributed by atoms with Crippen LogP contribution in [0.2, 0.25) is 0 Å². The van der Waals surface area contributed by atoms with Gasteiger partial charge in [-0.2, -0.15) is 5.10 Å². The van der Waals surface area contributed by atoms with Crippen LogP contribution in [-0.2, 0) is 13.2 Å². The second kappa shape index (κ2) is 11.8. The van der Waals surface area contributed by atoms with Crippen LogP contribution in [0.25, 0.3) is 0 Å². The molecule has 2 rings (SSSR count). The SMILES string of the molecule is CC(=NNC(=S)Nc1ccccc1)c1ccccn1.[Br][Zn][Br]. The monoisotopic (exact) mass is 492 g/mol. The normalized spacial score (nSPS) is 9.86. The summed E-state index contributed by atoms with van der Waals surface area (Å²) in [5.74, 6) is 0. The summed E-state index contributed by atoms with van der Waals surface area (Å²) in [6.45, 7) is 1.88. The van der Waals surface area contributed by atoms with Gasteiger partial charge in [-0.05, 0) is 43.4 Å². The number of para-hydroxylation sites is 1. The first-order chi connectivity index (χ1) is 10.7. The molecular formula is C14H14Br2N4SZn. The molecule has 0 aliphatic heterocycles. The van der Waals surface area contributed by atoms with Crippen molar-refractivity contribution in [1.82, 2.24) is 10.4 Å². The molecule has 0 atom stereocenters. The molecule has 0 radical (unpaired) electrons. The maximum atomic E-state index is 5.15. The number of nitrogens with zero attached hydrogens (tertiary/aromatic N) is 2. The molecule has 0 unspecified atom stereocenters. The van der Waals surface area contributed by atoms with Gasteiger partial charge in [-0.3, -0.25) is 10.4 Å². The quantitative estimate of drug-likeness (QED) is 0.285. The van der Waals surface area contributed by atoms with Crippen LogP contribution in [0.1, 0.15) is 12.6 Å². The van der Waals surface area contributed by atoms with Crippen molar-refractivity contribution in [2.24, 2.45) is 5.10 Å². The van der Waals surface area contributed by atoms with E-state index in [-0.39, 0.29) is 13.2 Å². The molecule has 0 amide bonds. The number of halogens is 2. The van der Waals surface area contributed by atoms with E-state index < -0.39 is 0 Å². The van der Waals surface area contributed by atoms with Crippen LogP contribution in [0.4, 0.5) is 5.69 Å². The van der Waals surface area contributed by atoms with Gasteiger partial charge in [-0.15, -0.1) is 0 Å². The number of rotatable bonds is 3. The van der Waals surface area contributed by atoms with E-state index in [1.54, 1.807) is 6.20 Å². The first-order valence-corrected chi connectivity index (χ1v) is 20.7. The average Bonchev–Trinajstić information content (AvgIpc) is 2.55. The summed E-state index contributed by atoms with van der Waals surface area (Å²) in [6, 6.07) is 15.4. The van der Waals surface area contributed by atoms with Crippen molar-refractivity contribution >= 4 is 56.0 Å². The predicted octanol–water partition coefficient (Wildman–Crippen LogP) is 4.48. The number of hydrogen-bond acceptors (Lipinski definition) is 3. The van der Waals surface area contributed by atoms with Crippen molar-refractivity contribution in [2.75, 3.05) is 5.32 Å². The first kappa shape index (κ1) is 19.4. The number of aromatic nitrogens is 1. The van der Waals surface area contributed by atoms with E-state index in [0.717, 1.165) is 17.1 Å². The van der Waals surface area contributed by atoms with E-state index in [1.165, 1.54) is 0 Å². The Bertz CT molecular complexity index is 596. The Balaban J connectivity index is 0.000000745. The van der Waals surface area contributed by atoms with Crippen molar-refractivity contribution in [2.45, 2.75) is 6.92 Å². The van der Waals surface area contributed by atoms with E-state index in [1.807, 2.05) is 55.5 Å². The second-order valence-corrected chi connectivity index (χ2v) is 18.4. The summed E-state index contributed by atoms with van der Waals surface area (Å²) in [5.41, 5.74) is 5.31. The number of anilines is 1. The molecule has 4 nitrogen and oxygen atoms in total.